The van der Waals surface area contributed by atoms with E-state index in [1.165, 1.54) is 33.0 Å². The standard InChI is InChI=1S/C21H16F2N6O2.C14H11N5O.C10H9F2N3O.H2S/c22-16-7-15-17(26-27-20(15)23)8-19(16)31-14-10-28(11-14)21(30)29-18(4-5-25-29)13-3-1-2-12(6-13)9-24;15-9-11-2-1-3-12(8-11)13-4-5-17-19(13)14(20)18-7-6-16-10-18;11-7-1-6-8(14-15-10(6)12)2-9(7)16-5-3-13-4-5;/h1-3,5-8,14,18H,4,10-11H2,(H,26,27);1-3,5-8,10,13H,4H2;1-2,5,13H,3-4H2,(H,14,15);1H2/t;13-;;/m.0../s1. The number of hydrazone groups is 2. The van der Waals surface area contributed by atoms with Crippen molar-refractivity contribution in [1.29, 1.82) is 10.5 Å². The van der Waals surface area contributed by atoms with Crippen LogP contribution in [0.5, 0.6) is 11.5 Å². The lowest BCUT2D eigenvalue weighted by atomic mass is 10.0. The van der Waals surface area contributed by atoms with Crippen LogP contribution >= 0.6 is 13.5 Å². The molecule has 4 aliphatic heterocycles. The number of halogens is 4. The van der Waals surface area contributed by atoms with Gasteiger partial charge in [0.05, 0.1) is 70.2 Å². The summed E-state index contributed by atoms with van der Waals surface area (Å²) in [5.41, 5.74) is 3.44. The minimum atomic E-state index is -0.707. The number of imidazole rings is 1. The highest BCUT2D eigenvalue weighted by atomic mass is 32.1. The van der Waals surface area contributed by atoms with Crippen molar-refractivity contribution in [2.24, 2.45) is 10.2 Å². The van der Waals surface area contributed by atoms with Crippen LogP contribution in [0.3, 0.4) is 0 Å². The van der Waals surface area contributed by atoms with Crippen molar-refractivity contribution in [2.75, 3.05) is 26.2 Å². The molecular weight excluding hydrogens is 909 g/mol. The highest BCUT2D eigenvalue weighted by Gasteiger charge is 2.39. The smallest absolute Gasteiger partial charge is 0.350 e. The Morgan fingerprint density at radius 2 is 1.21 bits per heavy atom. The van der Waals surface area contributed by atoms with Gasteiger partial charge in [-0.15, -0.1) is 0 Å². The fourth-order valence-electron chi connectivity index (χ4n) is 7.53. The number of nitrogens with zero attached hydrogens (tertiary/aromatic N) is 11. The lowest BCUT2D eigenvalue weighted by Crippen LogP contribution is -2.58. The van der Waals surface area contributed by atoms with Crippen molar-refractivity contribution in [3.8, 4) is 23.6 Å². The summed E-state index contributed by atoms with van der Waals surface area (Å²) in [6.45, 7) is 1.93. The van der Waals surface area contributed by atoms with Crippen LogP contribution < -0.4 is 14.8 Å². The Balaban J connectivity index is 0.000000146. The maximum atomic E-state index is 14.2. The van der Waals surface area contributed by atoms with Crippen molar-refractivity contribution in [1.82, 2.24) is 50.2 Å². The number of rotatable bonds is 6. The third kappa shape index (κ3) is 9.65. The molecule has 3 N–H and O–H groups in total. The number of carbonyl (C=O) groups excluding carboxylic acids is 2. The third-order valence-electron chi connectivity index (χ3n) is 11.2. The largest absolute Gasteiger partial charge is 0.485 e. The molecule has 18 nitrogen and oxygen atoms in total. The van der Waals surface area contributed by atoms with Crippen LogP contribution in [-0.2, 0) is 0 Å². The van der Waals surface area contributed by atoms with E-state index in [0.29, 0.717) is 42.6 Å². The van der Waals surface area contributed by atoms with Crippen LogP contribution in [0.2, 0.25) is 0 Å². The van der Waals surface area contributed by atoms with Crippen LogP contribution in [-0.4, -0.2) is 108 Å². The molecule has 4 aromatic carbocycles. The molecule has 68 heavy (non-hydrogen) atoms. The van der Waals surface area contributed by atoms with Crippen LogP contribution in [0.4, 0.5) is 27.2 Å². The molecule has 346 valence electrons. The summed E-state index contributed by atoms with van der Waals surface area (Å²) < 4.78 is 66.7. The molecule has 0 bridgehead atoms. The molecular formula is C45H38F4N14O4S. The number of aromatic amines is 2. The number of hydrogen-bond donors (Lipinski definition) is 3. The van der Waals surface area contributed by atoms with E-state index < -0.39 is 29.6 Å². The zero-order valence-corrected chi connectivity index (χ0v) is 36.4. The fraction of sp³-hybridized carbons (Fsp3) is 0.222. The summed E-state index contributed by atoms with van der Waals surface area (Å²) in [6.07, 6.45) is 8.72. The van der Waals surface area contributed by atoms with Gasteiger partial charge >= 0.3 is 12.1 Å². The first-order chi connectivity index (χ1) is 32.6. The molecule has 0 saturated carbocycles. The summed E-state index contributed by atoms with van der Waals surface area (Å²) in [7, 11) is 0. The second kappa shape index (κ2) is 20.1. The fourth-order valence-corrected chi connectivity index (χ4v) is 7.53. The van der Waals surface area contributed by atoms with E-state index in [-0.39, 0.29) is 84.6 Å². The molecule has 3 amide bonds. The van der Waals surface area contributed by atoms with Gasteiger partial charge in [-0.25, -0.2) is 33.4 Å². The number of likely N-dealkylation sites (tertiary alicyclic amines) is 1. The Hall–Kier alpha value is -8.28. The lowest BCUT2D eigenvalue weighted by Gasteiger charge is -2.41. The van der Waals surface area contributed by atoms with Gasteiger partial charge in [-0.05, 0) is 47.5 Å². The maximum absolute atomic E-state index is 14.2. The van der Waals surface area contributed by atoms with E-state index in [4.69, 9.17) is 20.0 Å². The monoisotopic (exact) mass is 946 g/mol. The van der Waals surface area contributed by atoms with Crippen molar-refractivity contribution < 1.29 is 36.6 Å². The average molecular weight is 947 g/mol. The van der Waals surface area contributed by atoms with Crippen LogP contribution in [0.1, 0.15) is 47.2 Å². The average Bonchev–Trinajstić information content (AvgIpc) is 4.19. The van der Waals surface area contributed by atoms with E-state index in [2.05, 4.69) is 53.0 Å². The first-order valence-corrected chi connectivity index (χ1v) is 20.7. The van der Waals surface area contributed by atoms with E-state index in [9.17, 15) is 27.2 Å². The molecule has 2 fully saturated rings. The van der Waals surface area contributed by atoms with Crippen molar-refractivity contribution in [3.05, 3.63) is 137 Å². The first kappa shape index (κ1) is 46.3. The number of amides is 3. The number of urea groups is 1. The molecule has 2 saturated heterocycles. The molecule has 0 aliphatic carbocycles. The van der Waals surface area contributed by atoms with Crippen LogP contribution in [0.25, 0.3) is 21.8 Å². The highest BCUT2D eigenvalue weighted by Crippen LogP contribution is 2.33. The molecule has 1 unspecified atom stereocenters. The van der Waals surface area contributed by atoms with Gasteiger partial charge in [0.1, 0.15) is 18.5 Å². The molecule has 7 aromatic rings. The first-order valence-electron chi connectivity index (χ1n) is 20.7. The number of fused-ring (bicyclic) bond motifs is 2. The third-order valence-corrected chi connectivity index (χ3v) is 11.2. The second-order valence-electron chi connectivity index (χ2n) is 15.5. The van der Waals surface area contributed by atoms with E-state index in [1.54, 1.807) is 60.1 Å². The van der Waals surface area contributed by atoms with E-state index >= 15 is 0 Å². The zero-order chi connectivity index (χ0) is 46.6. The SMILES string of the molecule is Fc1cc2c(F)[nH]nc2cc1OC1CNC1.N#Cc1cccc(C2CC=NN2C(=O)N2CC(Oc3cc4n[nH]c(F)c4cc3F)C2)c1.N#Cc1cccc([C@@H]2CC=NN2C(=O)n2ccnc2)c1.S. The Labute approximate surface area is 390 Å². The van der Waals surface area contributed by atoms with Gasteiger partial charge in [-0.2, -0.15) is 53.2 Å². The predicted octanol–water partition coefficient (Wildman–Crippen LogP) is 6.79. The van der Waals surface area contributed by atoms with Gasteiger partial charge in [0.2, 0.25) is 11.9 Å². The minimum absolute atomic E-state index is 0. The number of hydrogen-bond acceptors (Lipinski definition) is 12. The van der Waals surface area contributed by atoms with E-state index in [1.807, 2.05) is 18.2 Å². The number of nitrogens with one attached hydrogen (secondary N) is 3. The number of aromatic nitrogens is 6. The maximum Gasteiger partial charge on any atom is 0.350 e. The molecule has 7 heterocycles. The van der Waals surface area contributed by atoms with Gasteiger partial charge in [-0.3, -0.25) is 14.8 Å². The van der Waals surface area contributed by atoms with Gasteiger partial charge in [0, 0.05) is 62.9 Å². The summed E-state index contributed by atoms with van der Waals surface area (Å²) in [4.78, 5) is 30.6. The number of H-pyrrole nitrogens is 2. The second-order valence-corrected chi connectivity index (χ2v) is 15.5. The Morgan fingerprint density at radius 1 is 0.691 bits per heavy atom. The van der Waals surface area contributed by atoms with Gasteiger partial charge < -0.3 is 19.7 Å². The van der Waals surface area contributed by atoms with Gasteiger partial charge in [0.15, 0.2) is 23.1 Å². The Morgan fingerprint density at radius 3 is 1.68 bits per heavy atom. The molecule has 4 aliphatic rings. The topological polar surface area (TPSA) is 222 Å². The summed E-state index contributed by atoms with van der Waals surface area (Å²) >= 11 is 0. The molecule has 2 atom stereocenters. The predicted molar refractivity (Wildman–Crippen MR) is 242 cm³/mol. The summed E-state index contributed by atoms with van der Waals surface area (Å²) in [6, 6.07) is 22.4. The van der Waals surface area contributed by atoms with Gasteiger partial charge in [-0.1, -0.05) is 24.3 Å². The van der Waals surface area contributed by atoms with Crippen molar-refractivity contribution in [2.45, 2.75) is 37.1 Å². The number of carbonyl (C=O) groups is 2. The Bertz CT molecular complexity index is 3120. The van der Waals surface area contributed by atoms with Gasteiger partial charge in [0.25, 0.3) is 0 Å². The Kier molecular flexibility index (Phi) is 13.7. The number of benzene rings is 4. The summed E-state index contributed by atoms with van der Waals surface area (Å²) in [5.74, 6) is -2.53. The quantitative estimate of drug-likeness (QED) is 0.148. The molecule has 3 aromatic heterocycles. The van der Waals surface area contributed by atoms with Crippen molar-refractivity contribution in [3.63, 3.8) is 0 Å². The summed E-state index contributed by atoms with van der Waals surface area (Å²) in [5, 5.41) is 44.2. The number of ether oxygens (including phenoxy) is 2. The normalized spacial score (nSPS) is 17.2. The zero-order valence-electron chi connectivity index (χ0n) is 35.4. The number of nitriles is 2. The van der Waals surface area contributed by atoms with E-state index in [0.717, 1.165) is 23.3 Å². The highest BCUT2D eigenvalue weighted by molar-refractivity contribution is 7.59. The molecule has 0 spiro atoms. The molecule has 23 heteroatoms. The van der Waals surface area contributed by atoms with Crippen LogP contribution in [0, 0.1) is 46.2 Å². The lowest BCUT2D eigenvalue weighted by molar-refractivity contribution is 0.0258. The molecule has 11 rings (SSSR count). The van der Waals surface area contributed by atoms with Crippen molar-refractivity contribution >= 4 is 59.8 Å². The molecule has 0 radical (unpaired) electrons. The minimum Gasteiger partial charge on any atom is -0.485 e. The van der Waals surface area contributed by atoms with Crippen LogP contribution in [0.15, 0.2) is 102 Å².